The van der Waals surface area contributed by atoms with Gasteiger partial charge >= 0.3 is 0 Å². The number of benzene rings is 3. The lowest BCUT2D eigenvalue weighted by Crippen LogP contribution is -2.23. The summed E-state index contributed by atoms with van der Waals surface area (Å²) < 4.78 is 3.70. The summed E-state index contributed by atoms with van der Waals surface area (Å²) in [6, 6.07) is 24.0. The highest BCUT2D eigenvalue weighted by Gasteiger charge is 2.19. The maximum absolute atomic E-state index is 13.6. The smallest absolute Gasteiger partial charge is 0.275 e. The van der Waals surface area contributed by atoms with E-state index in [-0.39, 0.29) is 5.56 Å². The number of nitrogens with zero attached hydrogens (tertiary/aromatic N) is 2. The Balaban J connectivity index is 2.00. The van der Waals surface area contributed by atoms with Crippen LogP contribution >= 0.6 is 11.6 Å². The van der Waals surface area contributed by atoms with E-state index < -0.39 is 0 Å². The average molecular weight is 399 g/mol. The van der Waals surface area contributed by atoms with Gasteiger partial charge in [-0.25, -0.2) is 0 Å². The van der Waals surface area contributed by atoms with E-state index in [1.807, 2.05) is 66.3 Å². The van der Waals surface area contributed by atoms with Gasteiger partial charge in [-0.15, -0.1) is 0 Å². The summed E-state index contributed by atoms with van der Waals surface area (Å²) in [7, 11) is 1.81. The predicted octanol–water partition coefficient (Wildman–Crippen LogP) is 6.11. The van der Waals surface area contributed by atoms with Crippen LogP contribution < -0.4 is 5.56 Å². The second-order valence-electron chi connectivity index (χ2n) is 7.36. The maximum atomic E-state index is 13.6. The SMILES string of the molecule is Cc1ccc2c(ccn2-c2c(-c3ccccc3)c3cc(Cl)ccc3n(C)c2=O)c1. The van der Waals surface area contributed by atoms with Crippen LogP contribution in [0.2, 0.25) is 5.02 Å². The molecule has 0 spiro atoms. The first-order valence-corrected chi connectivity index (χ1v) is 9.88. The van der Waals surface area contributed by atoms with E-state index in [9.17, 15) is 4.79 Å². The van der Waals surface area contributed by atoms with Crippen molar-refractivity contribution in [3.05, 3.63) is 99.9 Å². The van der Waals surface area contributed by atoms with E-state index in [0.717, 1.165) is 32.9 Å². The molecular formula is C25H19ClN2O. The van der Waals surface area contributed by atoms with Gasteiger partial charge in [0.15, 0.2) is 0 Å². The number of halogens is 1. The van der Waals surface area contributed by atoms with Crippen molar-refractivity contribution >= 4 is 33.4 Å². The molecular weight excluding hydrogens is 380 g/mol. The Morgan fingerprint density at radius 1 is 0.862 bits per heavy atom. The molecule has 3 nitrogen and oxygen atoms in total. The van der Waals surface area contributed by atoms with Crippen molar-refractivity contribution in [2.75, 3.05) is 0 Å². The molecule has 0 aliphatic heterocycles. The summed E-state index contributed by atoms with van der Waals surface area (Å²) >= 11 is 6.37. The third-order valence-corrected chi connectivity index (χ3v) is 5.72. The van der Waals surface area contributed by atoms with Crippen LogP contribution in [0, 0.1) is 6.92 Å². The molecule has 0 amide bonds. The van der Waals surface area contributed by atoms with Crippen LogP contribution in [0.5, 0.6) is 0 Å². The predicted molar refractivity (Wildman–Crippen MR) is 121 cm³/mol. The first kappa shape index (κ1) is 17.8. The van der Waals surface area contributed by atoms with Crippen LogP contribution in [0.3, 0.4) is 0 Å². The van der Waals surface area contributed by atoms with Crippen molar-refractivity contribution in [1.29, 1.82) is 0 Å². The highest BCUT2D eigenvalue weighted by atomic mass is 35.5. The zero-order valence-corrected chi connectivity index (χ0v) is 16.9. The molecule has 142 valence electrons. The summed E-state index contributed by atoms with van der Waals surface area (Å²) in [6.07, 6.45) is 1.98. The van der Waals surface area contributed by atoms with Gasteiger partial charge in [-0.2, -0.15) is 0 Å². The maximum Gasteiger partial charge on any atom is 0.275 e. The minimum atomic E-state index is -0.0447. The Morgan fingerprint density at radius 2 is 1.62 bits per heavy atom. The summed E-state index contributed by atoms with van der Waals surface area (Å²) in [5.74, 6) is 0. The van der Waals surface area contributed by atoms with Gasteiger partial charge in [-0.3, -0.25) is 4.79 Å². The molecule has 0 fully saturated rings. The van der Waals surface area contributed by atoms with E-state index in [0.29, 0.717) is 10.7 Å². The van der Waals surface area contributed by atoms with Gasteiger partial charge in [-0.05, 0) is 48.9 Å². The molecule has 5 rings (SSSR count). The highest BCUT2D eigenvalue weighted by molar-refractivity contribution is 6.31. The van der Waals surface area contributed by atoms with Gasteiger partial charge in [0.25, 0.3) is 5.56 Å². The summed E-state index contributed by atoms with van der Waals surface area (Å²) in [5.41, 5.74) is 5.52. The molecule has 3 aromatic carbocycles. The lowest BCUT2D eigenvalue weighted by Gasteiger charge is -2.18. The van der Waals surface area contributed by atoms with Crippen LogP contribution in [0.1, 0.15) is 5.56 Å². The molecule has 5 aromatic rings. The van der Waals surface area contributed by atoms with Crippen molar-refractivity contribution in [3.63, 3.8) is 0 Å². The van der Waals surface area contributed by atoms with Crippen molar-refractivity contribution in [3.8, 4) is 16.8 Å². The fourth-order valence-corrected chi connectivity index (χ4v) is 4.25. The van der Waals surface area contributed by atoms with Crippen molar-refractivity contribution in [1.82, 2.24) is 9.13 Å². The molecule has 0 N–H and O–H groups in total. The molecule has 0 saturated carbocycles. The molecule has 0 bridgehead atoms. The van der Waals surface area contributed by atoms with Crippen LogP contribution in [0.25, 0.3) is 38.6 Å². The molecule has 29 heavy (non-hydrogen) atoms. The number of aromatic nitrogens is 2. The zero-order valence-electron chi connectivity index (χ0n) is 16.2. The van der Waals surface area contributed by atoms with Gasteiger partial charge in [-0.1, -0.05) is 53.6 Å². The van der Waals surface area contributed by atoms with E-state index in [2.05, 4.69) is 31.2 Å². The molecule has 0 unspecified atom stereocenters. The fraction of sp³-hybridized carbons (Fsp3) is 0.0800. The molecule has 0 atom stereocenters. The Bertz CT molecular complexity index is 1450. The lowest BCUT2D eigenvalue weighted by molar-refractivity contribution is 0.885. The zero-order chi connectivity index (χ0) is 20.1. The Morgan fingerprint density at radius 3 is 2.41 bits per heavy atom. The number of pyridine rings is 1. The third-order valence-electron chi connectivity index (χ3n) is 5.48. The second-order valence-corrected chi connectivity index (χ2v) is 7.80. The molecule has 0 radical (unpaired) electrons. The van der Waals surface area contributed by atoms with Crippen molar-refractivity contribution in [2.45, 2.75) is 6.92 Å². The first-order chi connectivity index (χ1) is 14.0. The minimum absolute atomic E-state index is 0.0447. The van der Waals surface area contributed by atoms with E-state index >= 15 is 0 Å². The standard InChI is InChI=1S/C25H19ClN2O/c1-16-8-10-21-18(14-16)12-13-28(21)24-23(17-6-4-3-5-7-17)20-15-19(26)9-11-22(20)27(2)25(24)29/h3-15H,1-2H3. The largest absolute Gasteiger partial charge is 0.311 e. The number of aryl methyl sites for hydroxylation is 2. The van der Waals surface area contributed by atoms with E-state index in [4.69, 9.17) is 11.6 Å². The summed E-state index contributed by atoms with van der Waals surface area (Å²) in [6.45, 7) is 2.07. The molecule has 2 heterocycles. The molecule has 0 aliphatic carbocycles. The average Bonchev–Trinajstić information content (AvgIpc) is 3.13. The second kappa shape index (κ2) is 6.64. The Hall–Kier alpha value is -3.30. The lowest BCUT2D eigenvalue weighted by atomic mass is 9.98. The van der Waals surface area contributed by atoms with Gasteiger partial charge < -0.3 is 9.13 Å². The fourth-order valence-electron chi connectivity index (χ4n) is 4.08. The molecule has 0 aliphatic rings. The van der Waals surface area contributed by atoms with Gasteiger partial charge in [0.05, 0.1) is 11.0 Å². The summed E-state index contributed by atoms with van der Waals surface area (Å²) in [5, 5.41) is 2.71. The number of hydrogen-bond donors (Lipinski definition) is 0. The normalized spacial score (nSPS) is 11.4. The Kier molecular flexibility index (Phi) is 4.07. The van der Waals surface area contributed by atoms with E-state index in [1.54, 1.807) is 4.57 Å². The van der Waals surface area contributed by atoms with Crippen molar-refractivity contribution in [2.24, 2.45) is 7.05 Å². The summed E-state index contributed by atoms with van der Waals surface area (Å²) in [4.78, 5) is 13.6. The first-order valence-electron chi connectivity index (χ1n) is 9.50. The van der Waals surface area contributed by atoms with Gasteiger partial charge in [0.2, 0.25) is 0 Å². The van der Waals surface area contributed by atoms with Crippen LogP contribution in [0.4, 0.5) is 0 Å². The minimum Gasteiger partial charge on any atom is -0.311 e. The van der Waals surface area contributed by atoms with Crippen molar-refractivity contribution < 1.29 is 0 Å². The highest BCUT2D eigenvalue weighted by Crippen LogP contribution is 2.35. The van der Waals surface area contributed by atoms with Crippen LogP contribution in [-0.2, 0) is 7.05 Å². The number of hydrogen-bond acceptors (Lipinski definition) is 1. The third kappa shape index (κ3) is 2.78. The van der Waals surface area contributed by atoms with Gasteiger partial charge in [0, 0.05) is 34.6 Å². The van der Waals surface area contributed by atoms with Crippen LogP contribution in [-0.4, -0.2) is 9.13 Å². The number of fused-ring (bicyclic) bond motifs is 2. The number of rotatable bonds is 2. The molecule has 2 aromatic heterocycles. The molecule has 0 saturated heterocycles. The van der Waals surface area contributed by atoms with E-state index in [1.165, 1.54) is 5.56 Å². The van der Waals surface area contributed by atoms with Gasteiger partial charge in [0.1, 0.15) is 5.69 Å². The molecule has 4 heteroatoms. The van der Waals surface area contributed by atoms with Crippen LogP contribution in [0.15, 0.2) is 83.8 Å². The topological polar surface area (TPSA) is 26.9 Å². The monoisotopic (exact) mass is 398 g/mol. The Labute approximate surface area is 173 Å². The quantitative estimate of drug-likeness (QED) is 0.352.